The molecule has 88 valence electrons. The van der Waals surface area contributed by atoms with Crippen LogP contribution in [0.1, 0.15) is 28.8 Å². The van der Waals surface area contributed by atoms with Gasteiger partial charge in [0.1, 0.15) is 6.29 Å². The maximum absolute atomic E-state index is 12.0. The van der Waals surface area contributed by atoms with Crippen LogP contribution in [0.25, 0.3) is 6.08 Å². The highest BCUT2D eigenvalue weighted by atomic mass is 16.2. The SMILES string of the molecule is O=CC=Cc1ccc(C(=O)N2CCCC2)cc1. The highest BCUT2D eigenvalue weighted by Crippen LogP contribution is 2.13. The first-order valence-corrected chi connectivity index (χ1v) is 5.82. The maximum atomic E-state index is 12.0. The van der Waals surface area contributed by atoms with Crippen molar-refractivity contribution < 1.29 is 9.59 Å². The molecule has 1 fully saturated rings. The lowest BCUT2D eigenvalue weighted by atomic mass is 10.1. The maximum Gasteiger partial charge on any atom is 0.253 e. The van der Waals surface area contributed by atoms with Gasteiger partial charge in [0.15, 0.2) is 0 Å². The predicted octanol–water partition coefficient (Wildman–Crippen LogP) is 2.13. The molecule has 2 rings (SSSR count). The molecule has 0 unspecified atom stereocenters. The van der Waals surface area contributed by atoms with Crippen molar-refractivity contribution in [1.82, 2.24) is 4.90 Å². The Kier molecular flexibility index (Phi) is 3.70. The number of likely N-dealkylation sites (tertiary alicyclic amines) is 1. The van der Waals surface area contributed by atoms with Crippen molar-refractivity contribution in [2.75, 3.05) is 13.1 Å². The minimum absolute atomic E-state index is 0.105. The van der Waals surface area contributed by atoms with Gasteiger partial charge in [-0.1, -0.05) is 18.2 Å². The van der Waals surface area contributed by atoms with Crippen molar-refractivity contribution in [2.45, 2.75) is 12.8 Å². The molecule has 0 bridgehead atoms. The summed E-state index contributed by atoms with van der Waals surface area (Å²) in [5.74, 6) is 0.105. The second kappa shape index (κ2) is 5.43. The van der Waals surface area contributed by atoms with Gasteiger partial charge in [0.2, 0.25) is 0 Å². The monoisotopic (exact) mass is 229 g/mol. The zero-order valence-electron chi connectivity index (χ0n) is 9.63. The molecule has 0 spiro atoms. The van der Waals surface area contributed by atoms with E-state index in [1.807, 2.05) is 29.2 Å². The second-order valence-electron chi connectivity index (χ2n) is 4.12. The summed E-state index contributed by atoms with van der Waals surface area (Å²) in [5, 5.41) is 0. The van der Waals surface area contributed by atoms with Gasteiger partial charge >= 0.3 is 0 Å². The average Bonchev–Trinajstić information content (AvgIpc) is 2.90. The van der Waals surface area contributed by atoms with Crippen molar-refractivity contribution in [2.24, 2.45) is 0 Å². The Hall–Kier alpha value is -1.90. The summed E-state index contributed by atoms with van der Waals surface area (Å²) in [6, 6.07) is 7.32. The molecule has 3 nitrogen and oxygen atoms in total. The molecule has 1 amide bonds. The fourth-order valence-electron chi connectivity index (χ4n) is 1.99. The minimum atomic E-state index is 0.105. The van der Waals surface area contributed by atoms with E-state index < -0.39 is 0 Å². The van der Waals surface area contributed by atoms with Gasteiger partial charge in [-0.3, -0.25) is 9.59 Å². The van der Waals surface area contributed by atoms with E-state index in [9.17, 15) is 9.59 Å². The van der Waals surface area contributed by atoms with E-state index in [1.54, 1.807) is 6.08 Å². The Balaban J connectivity index is 2.09. The van der Waals surface area contributed by atoms with Crippen LogP contribution in [0.5, 0.6) is 0 Å². The van der Waals surface area contributed by atoms with Crippen LogP contribution in [-0.4, -0.2) is 30.2 Å². The van der Waals surface area contributed by atoms with Crippen LogP contribution in [0.2, 0.25) is 0 Å². The van der Waals surface area contributed by atoms with Gasteiger partial charge in [0, 0.05) is 18.7 Å². The number of amides is 1. The van der Waals surface area contributed by atoms with Crippen molar-refractivity contribution in [3.63, 3.8) is 0 Å². The lowest BCUT2D eigenvalue weighted by molar-refractivity contribution is -0.104. The zero-order valence-corrected chi connectivity index (χ0v) is 9.63. The molecule has 17 heavy (non-hydrogen) atoms. The molecule has 1 heterocycles. The number of aldehydes is 1. The number of hydrogen-bond donors (Lipinski definition) is 0. The summed E-state index contributed by atoms with van der Waals surface area (Å²) in [7, 11) is 0. The van der Waals surface area contributed by atoms with Crippen molar-refractivity contribution in [1.29, 1.82) is 0 Å². The minimum Gasteiger partial charge on any atom is -0.339 e. The lowest BCUT2D eigenvalue weighted by Gasteiger charge is -2.14. The van der Waals surface area contributed by atoms with E-state index in [0.29, 0.717) is 0 Å². The molecule has 0 radical (unpaired) electrons. The summed E-state index contributed by atoms with van der Waals surface area (Å²) >= 11 is 0. The van der Waals surface area contributed by atoms with Crippen molar-refractivity contribution in [3.05, 3.63) is 41.5 Å². The molecule has 0 N–H and O–H groups in total. The molecule has 1 aliphatic rings. The molecule has 0 saturated carbocycles. The van der Waals surface area contributed by atoms with E-state index in [0.717, 1.165) is 43.3 Å². The first-order chi connectivity index (χ1) is 8.31. The summed E-state index contributed by atoms with van der Waals surface area (Å²) in [4.78, 5) is 24.1. The molecular formula is C14H15NO2. The first-order valence-electron chi connectivity index (χ1n) is 5.82. The van der Waals surface area contributed by atoms with E-state index in [4.69, 9.17) is 0 Å². The van der Waals surface area contributed by atoms with Gasteiger partial charge in [0.05, 0.1) is 0 Å². The molecule has 1 aromatic carbocycles. The van der Waals surface area contributed by atoms with Crippen LogP contribution in [0.4, 0.5) is 0 Å². The molecule has 3 heteroatoms. The number of benzene rings is 1. The van der Waals surface area contributed by atoms with Crippen LogP contribution in [0, 0.1) is 0 Å². The third kappa shape index (κ3) is 2.81. The van der Waals surface area contributed by atoms with Crippen molar-refractivity contribution in [3.8, 4) is 0 Å². The van der Waals surface area contributed by atoms with Gasteiger partial charge < -0.3 is 4.90 Å². The number of rotatable bonds is 3. The quantitative estimate of drug-likeness (QED) is 0.588. The largest absolute Gasteiger partial charge is 0.339 e. The highest BCUT2D eigenvalue weighted by Gasteiger charge is 2.18. The Labute approximate surface area is 101 Å². The normalized spacial score (nSPS) is 15.4. The number of allylic oxidation sites excluding steroid dienone is 1. The van der Waals surface area contributed by atoms with Gasteiger partial charge in [-0.15, -0.1) is 0 Å². The number of carbonyl (C=O) groups is 2. The van der Waals surface area contributed by atoms with E-state index in [1.165, 1.54) is 6.08 Å². The van der Waals surface area contributed by atoms with Crippen LogP contribution >= 0.6 is 0 Å². The topological polar surface area (TPSA) is 37.4 Å². The summed E-state index contributed by atoms with van der Waals surface area (Å²) in [6.45, 7) is 1.73. The van der Waals surface area contributed by atoms with Gasteiger partial charge in [-0.25, -0.2) is 0 Å². The van der Waals surface area contributed by atoms with Crippen molar-refractivity contribution >= 4 is 18.3 Å². The Bertz CT molecular complexity index is 428. The molecule has 0 aromatic heterocycles. The van der Waals surface area contributed by atoms with Crippen LogP contribution < -0.4 is 0 Å². The summed E-state index contributed by atoms with van der Waals surface area (Å²) in [6.07, 6.45) is 6.11. The van der Waals surface area contributed by atoms with E-state index in [-0.39, 0.29) is 5.91 Å². The molecule has 1 saturated heterocycles. The third-order valence-corrected chi connectivity index (χ3v) is 2.92. The number of nitrogens with zero attached hydrogens (tertiary/aromatic N) is 1. The molecule has 0 aliphatic carbocycles. The third-order valence-electron chi connectivity index (χ3n) is 2.92. The number of hydrogen-bond acceptors (Lipinski definition) is 2. The molecule has 1 aliphatic heterocycles. The smallest absolute Gasteiger partial charge is 0.253 e. The van der Waals surface area contributed by atoms with E-state index in [2.05, 4.69) is 0 Å². The zero-order chi connectivity index (χ0) is 12.1. The predicted molar refractivity (Wildman–Crippen MR) is 66.7 cm³/mol. The highest BCUT2D eigenvalue weighted by molar-refractivity contribution is 5.94. The molecule has 1 aromatic rings. The van der Waals surface area contributed by atoms with Gasteiger partial charge in [-0.05, 0) is 36.6 Å². The number of carbonyl (C=O) groups excluding carboxylic acids is 2. The second-order valence-corrected chi connectivity index (χ2v) is 4.12. The van der Waals surface area contributed by atoms with Gasteiger partial charge in [0.25, 0.3) is 5.91 Å². The first kappa shape index (κ1) is 11.6. The Morgan fingerprint density at radius 1 is 1.12 bits per heavy atom. The average molecular weight is 229 g/mol. The molecule has 0 atom stereocenters. The fraction of sp³-hybridized carbons (Fsp3) is 0.286. The Morgan fingerprint density at radius 3 is 2.35 bits per heavy atom. The fourth-order valence-corrected chi connectivity index (χ4v) is 1.99. The molecular weight excluding hydrogens is 214 g/mol. The van der Waals surface area contributed by atoms with Crippen LogP contribution in [0.3, 0.4) is 0 Å². The Morgan fingerprint density at radius 2 is 1.76 bits per heavy atom. The van der Waals surface area contributed by atoms with Gasteiger partial charge in [-0.2, -0.15) is 0 Å². The standard InChI is InChI=1S/C14H15NO2/c16-11-3-4-12-5-7-13(8-6-12)14(17)15-9-1-2-10-15/h3-8,11H,1-2,9-10H2. The van der Waals surface area contributed by atoms with E-state index >= 15 is 0 Å². The summed E-state index contributed by atoms with van der Waals surface area (Å²) < 4.78 is 0. The lowest BCUT2D eigenvalue weighted by Crippen LogP contribution is -2.27. The van der Waals surface area contributed by atoms with Crippen LogP contribution in [-0.2, 0) is 4.79 Å². The van der Waals surface area contributed by atoms with Crippen LogP contribution in [0.15, 0.2) is 30.3 Å². The summed E-state index contributed by atoms with van der Waals surface area (Å²) in [5.41, 5.74) is 1.64.